The van der Waals surface area contributed by atoms with Gasteiger partial charge in [-0.1, -0.05) is 218 Å². The first-order valence-electron chi connectivity index (χ1n) is 23.9. The van der Waals surface area contributed by atoms with Gasteiger partial charge in [0.25, 0.3) is 0 Å². The van der Waals surface area contributed by atoms with Crippen LogP contribution >= 0.6 is 0 Å². The Labute approximate surface area is 411 Å². The van der Waals surface area contributed by atoms with Crippen molar-refractivity contribution in [2.45, 2.75) is 13.8 Å². The Bertz CT molecular complexity index is 3550. The third-order valence-electron chi connectivity index (χ3n) is 13.2. The second-order valence-corrected chi connectivity index (χ2v) is 17.9. The molecule has 334 valence electrons. The van der Waals surface area contributed by atoms with E-state index in [-0.39, 0.29) is 5.75 Å². The lowest BCUT2D eigenvalue weighted by Crippen LogP contribution is -1.98. The molecule has 0 aliphatic rings. The number of rotatable bonds is 11. The Kier molecular flexibility index (Phi) is 12.0. The van der Waals surface area contributed by atoms with E-state index < -0.39 is 0 Å². The van der Waals surface area contributed by atoms with Crippen LogP contribution in [0.2, 0.25) is 0 Å². The van der Waals surface area contributed by atoms with Gasteiger partial charge in [-0.3, -0.25) is 0 Å². The molecule has 0 amide bonds. The number of phenols is 1. The van der Waals surface area contributed by atoms with Crippen LogP contribution in [0.5, 0.6) is 17.2 Å². The highest BCUT2D eigenvalue weighted by atomic mass is 16.5. The zero-order chi connectivity index (χ0) is 47.4. The Balaban J connectivity index is 1.04. The molecule has 11 aromatic rings. The van der Waals surface area contributed by atoms with Gasteiger partial charge >= 0.3 is 0 Å². The van der Waals surface area contributed by atoms with E-state index in [4.69, 9.17) is 4.74 Å². The van der Waals surface area contributed by atoms with Gasteiger partial charge in [0.2, 0.25) is 0 Å². The molecule has 0 aromatic heterocycles. The quantitative estimate of drug-likeness (QED) is 0.140. The van der Waals surface area contributed by atoms with Crippen molar-refractivity contribution in [2.75, 3.05) is 0 Å². The van der Waals surface area contributed by atoms with Crippen molar-refractivity contribution < 1.29 is 9.84 Å². The van der Waals surface area contributed by atoms with E-state index in [1.54, 1.807) is 0 Å². The summed E-state index contributed by atoms with van der Waals surface area (Å²) < 4.78 is 6.70. The van der Waals surface area contributed by atoms with Gasteiger partial charge in [0.1, 0.15) is 17.2 Å². The van der Waals surface area contributed by atoms with Crippen LogP contribution in [0.1, 0.15) is 11.1 Å². The maximum atomic E-state index is 11.0. The van der Waals surface area contributed by atoms with Crippen molar-refractivity contribution in [3.8, 4) is 117 Å². The summed E-state index contributed by atoms with van der Waals surface area (Å²) in [5.74, 6) is 1.74. The summed E-state index contributed by atoms with van der Waals surface area (Å²) in [7, 11) is 0. The van der Waals surface area contributed by atoms with Crippen molar-refractivity contribution >= 4 is 0 Å². The number of phenolic OH excluding ortho intramolecular Hbond substituents is 1. The van der Waals surface area contributed by atoms with Gasteiger partial charge in [0.15, 0.2) is 0 Å². The lowest BCUT2D eigenvalue weighted by atomic mass is 9.78. The molecule has 0 unspecified atom stereocenters. The fourth-order valence-corrected chi connectivity index (χ4v) is 10.1. The van der Waals surface area contributed by atoms with Crippen LogP contribution in [0.25, 0.3) is 100 Å². The minimum Gasteiger partial charge on any atom is -0.508 e. The highest BCUT2D eigenvalue weighted by Crippen LogP contribution is 2.52. The van der Waals surface area contributed by atoms with Crippen molar-refractivity contribution in [1.82, 2.24) is 0 Å². The molecule has 0 saturated carbocycles. The first-order valence-corrected chi connectivity index (χ1v) is 23.9. The first-order chi connectivity index (χ1) is 34.5. The lowest BCUT2D eigenvalue weighted by Gasteiger charge is -2.25. The molecule has 2 heteroatoms. The van der Waals surface area contributed by atoms with Crippen molar-refractivity contribution in [3.05, 3.63) is 272 Å². The van der Waals surface area contributed by atoms with E-state index in [2.05, 4.69) is 256 Å². The summed E-state index contributed by atoms with van der Waals surface area (Å²) in [4.78, 5) is 0. The van der Waals surface area contributed by atoms with Crippen LogP contribution in [0.15, 0.2) is 261 Å². The van der Waals surface area contributed by atoms with E-state index in [0.29, 0.717) is 0 Å². The molecular weight excluding hydrogens is 849 g/mol. The number of ether oxygens (including phenoxy) is 1. The molecule has 0 radical (unpaired) electrons. The van der Waals surface area contributed by atoms with E-state index in [1.807, 2.05) is 19.1 Å². The minimum absolute atomic E-state index is 0.243. The highest BCUT2D eigenvalue weighted by molar-refractivity contribution is 6.08. The molecule has 0 aliphatic heterocycles. The molecule has 70 heavy (non-hydrogen) atoms. The molecule has 2 nitrogen and oxygen atoms in total. The number of benzene rings is 11. The molecule has 11 aromatic carbocycles. The van der Waals surface area contributed by atoms with E-state index in [9.17, 15) is 5.11 Å². The fourth-order valence-electron chi connectivity index (χ4n) is 10.1. The normalized spacial score (nSPS) is 11.1. The standard InChI is InChI=1S/C68H50O2/c1-46-41-56(44-57(69)42-46)62-45-61(49-23-11-4-12-24-49)66(68(53-31-19-8-20-32-53)64(62)51-27-15-6-16-28-51)55-35-39-59(40-36-55)70-58-37-33-54(34-38-58)65-60(48-21-9-3-10-22-48)43-47(2)63(50-25-13-5-14-26-50)67(65)52-29-17-7-18-30-52/h3-45,69H,1-2H3. The van der Waals surface area contributed by atoms with Crippen LogP contribution in [-0.4, -0.2) is 5.11 Å². The highest BCUT2D eigenvalue weighted by Gasteiger charge is 2.25. The van der Waals surface area contributed by atoms with Crippen molar-refractivity contribution in [2.24, 2.45) is 0 Å². The molecule has 0 atom stereocenters. The maximum Gasteiger partial charge on any atom is 0.127 e. The van der Waals surface area contributed by atoms with Crippen LogP contribution < -0.4 is 4.74 Å². The van der Waals surface area contributed by atoms with Gasteiger partial charge in [0, 0.05) is 0 Å². The second kappa shape index (κ2) is 19.3. The van der Waals surface area contributed by atoms with E-state index in [0.717, 1.165) is 78.3 Å². The van der Waals surface area contributed by atoms with Crippen LogP contribution in [0, 0.1) is 13.8 Å². The van der Waals surface area contributed by atoms with Crippen molar-refractivity contribution in [1.29, 1.82) is 0 Å². The number of aromatic hydroxyl groups is 1. The summed E-state index contributed by atoms with van der Waals surface area (Å²) in [6.07, 6.45) is 0. The molecule has 0 heterocycles. The summed E-state index contributed by atoms with van der Waals surface area (Å²) in [5.41, 5.74) is 22.4. The number of aryl methyl sites for hydroxylation is 2. The van der Waals surface area contributed by atoms with Gasteiger partial charge in [0.05, 0.1) is 0 Å². The van der Waals surface area contributed by atoms with Gasteiger partial charge < -0.3 is 9.84 Å². The fraction of sp³-hybridized carbons (Fsp3) is 0.0294. The molecule has 1 N–H and O–H groups in total. The van der Waals surface area contributed by atoms with Crippen molar-refractivity contribution in [3.63, 3.8) is 0 Å². The van der Waals surface area contributed by atoms with Gasteiger partial charge in [-0.05, 0) is 168 Å². The monoisotopic (exact) mass is 898 g/mol. The lowest BCUT2D eigenvalue weighted by molar-refractivity contribution is 0.475. The minimum atomic E-state index is 0.243. The average molecular weight is 899 g/mol. The predicted octanol–water partition coefficient (Wildman–Crippen LogP) is 18.8. The second-order valence-electron chi connectivity index (χ2n) is 17.9. The average Bonchev–Trinajstić information content (AvgIpc) is 3.41. The zero-order valence-electron chi connectivity index (χ0n) is 39.2. The Morgan fingerprint density at radius 2 is 0.571 bits per heavy atom. The summed E-state index contributed by atoms with van der Waals surface area (Å²) in [6, 6.07) is 91.7. The summed E-state index contributed by atoms with van der Waals surface area (Å²) >= 11 is 0. The maximum absolute atomic E-state index is 11.0. The largest absolute Gasteiger partial charge is 0.508 e. The van der Waals surface area contributed by atoms with Gasteiger partial charge in [-0.2, -0.15) is 0 Å². The molecule has 0 aliphatic carbocycles. The number of hydrogen-bond donors (Lipinski definition) is 1. The molecule has 0 saturated heterocycles. The van der Waals surface area contributed by atoms with Crippen LogP contribution in [-0.2, 0) is 0 Å². The predicted molar refractivity (Wildman–Crippen MR) is 293 cm³/mol. The van der Waals surface area contributed by atoms with Gasteiger partial charge in [-0.15, -0.1) is 0 Å². The molecule has 0 bridgehead atoms. The summed E-state index contributed by atoms with van der Waals surface area (Å²) in [6.45, 7) is 4.26. The third kappa shape index (κ3) is 8.71. The topological polar surface area (TPSA) is 29.5 Å². The molecule has 0 fully saturated rings. The Morgan fingerprint density at radius 3 is 0.971 bits per heavy atom. The summed E-state index contributed by atoms with van der Waals surface area (Å²) in [5, 5.41) is 11.0. The zero-order valence-corrected chi connectivity index (χ0v) is 39.2. The molecule has 0 spiro atoms. The molecule has 11 rings (SSSR count). The van der Waals surface area contributed by atoms with E-state index in [1.165, 1.54) is 44.5 Å². The Hall–Kier alpha value is -8.98. The first kappa shape index (κ1) is 43.6. The molecular formula is C68H50O2. The van der Waals surface area contributed by atoms with Crippen LogP contribution in [0.3, 0.4) is 0 Å². The van der Waals surface area contributed by atoms with Gasteiger partial charge in [-0.25, -0.2) is 0 Å². The smallest absolute Gasteiger partial charge is 0.127 e. The SMILES string of the molecule is Cc1cc(O)cc(-c2cc(-c3ccccc3)c(-c3ccc(Oc4ccc(-c5c(-c6ccccc6)cc(C)c(-c6ccccc6)c5-c5ccccc5)cc4)cc3)c(-c3ccccc3)c2-c2ccccc2)c1. The number of hydrogen-bond acceptors (Lipinski definition) is 2. The Morgan fingerprint density at radius 1 is 0.257 bits per heavy atom. The van der Waals surface area contributed by atoms with Crippen LogP contribution in [0.4, 0.5) is 0 Å². The third-order valence-corrected chi connectivity index (χ3v) is 13.2. The van der Waals surface area contributed by atoms with E-state index >= 15 is 0 Å².